The lowest BCUT2D eigenvalue weighted by Gasteiger charge is -2.26. The minimum absolute atomic E-state index is 0.00798. The van der Waals surface area contributed by atoms with E-state index in [9.17, 15) is 14.7 Å². The zero-order chi connectivity index (χ0) is 24.1. The molecule has 0 unspecified atom stereocenters. The lowest BCUT2D eigenvalue weighted by Crippen LogP contribution is -2.47. The Hall–Kier alpha value is -3.16. The molecule has 2 heterocycles. The third kappa shape index (κ3) is 6.04. The van der Waals surface area contributed by atoms with Crippen LogP contribution in [0.2, 0.25) is 5.02 Å². The number of benzene rings is 2. The standard InChI is InChI=1S/C26H28ClN3O4/c1-17-13-22(34-29-17)15-25(32)30-16-21(31)14-24(30)26(33)28-23(19-8-10-20(27)11-9-19)12-7-18-5-3-2-4-6-18/h2-6,8-11,13,21,23-24,31H,7,12,14-16H2,1H3,(H,28,33)/t21-,23+,24+/m1/s1. The number of amides is 2. The smallest absolute Gasteiger partial charge is 0.243 e. The molecule has 1 aliphatic heterocycles. The van der Waals surface area contributed by atoms with Gasteiger partial charge in [0.05, 0.1) is 24.3 Å². The monoisotopic (exact) mass is 481 g/mol. The SMILES string of the molecule is Cc1cc(CC(=O)N2C[C@H](O)C[C@H]2C(=O)N[C@@H](CCc2ccccc2)c2ccc(Cl)cc2)on1. The van der Waals surface area contributed by atoms with E-state index in [2.05, 4.69) is 22.6 Å². The highest BCUT2D eigenvalue weighted by atomic mass is 35.5. The summed E-state index contributed by atoms with van der Waals surface area (Å²) >= 11 is 6.07. The molecule has 8 heteroatoms. The minimum Gasteiger partial charge on any atom is -0.391 e. The summed E-state index contributed by atoms with van der Waals surface area (Å²) in [6, 6.07) is 18.1. The maximum atomic E-state index is 13.3. The van der Waals surface area contributed by atoms with Crippen LogP contribution in [0.4, 0.5) is 0 Å². The molecule has 2 N–H and O–H groups in total. The number of nitrogens with zero attached hydrogens (tertiary/aromatic N) is 2. The van der Waals surface area contributed by atoms with E-state index in [4.69, 9.17) is 16.1 Å². The van der Waals surface area contributed by atoms with Crippen molar-refractivity contribution in [2.45, 2.75) is 50.8 Å². The van der Waals surface area contributed by atoms with E-state index in [1.807, 2.05) is 30.3 Å². The number of likely N-dealkylation sites (tertiary alicyclic amines) is 1. The van der Waals surface area contributed by atoms with E-state index in [-0.39, 0.29) is 37.2 Å². The molecule has 1 aliphatic rings. The molecule has 0 spiro atoms. The van der Waals surface area contributed by atoms with Crippen LogP contribution in [0.15, 0.2) is 65.2 Å². The van der Waals surface area contributed by atoms with Gasteiger partial charge in [-0.2, -0.15) is 0 Å². The molecule has 0 bridgehead atoms. The number of carbonyl (C=O) groups excluding carboxylic acids is 2. The Bertz CT molecular complexity index is 1120. The first kappa shape index (κ1) is 24.0. The number of hydrogen-bond acceptors (Lipinski definition) is 5. The molecule has 3 aromatic rings. The maximum Gasteiger partial charge on any atom is 0.243 e. The van der Waals surface area contributed by atoms with Crippen molar-refractivity contribution >= 4 is 23.4 Å². The van der Waals surface area contributed by atoms with Gasteiger partial charge in [0.15, 0.2) is 0 Å². The third-order valence-electron chi connectivity index (χ3n) is 6.06. The Labute approximate surface area is 203 Å². The van der Waals surface area contributed by atoms with Crippen LogP contribution in [-0.4, -0.2) is 45.7 Å². The van der Waals surface area contributed by atoms with Gasteiger partial charge in [0.25, 0.3) is 0 Å². The first-order valence-electron chi connectivity index (χ1n) is 11.4. The lowest BCUT2D eigenvalue weighted by atomic mass is 9.98. The van der Waals surface area contributed by atoms with Crippen LogP contribution in [0.1, 0.15) is 41.5 Å². The molecule has 7 nitrogen and oxygen atoms in total. The van der Waals surface area contributed by atoms with E-state index < -0.39 is 12.1 Å². The number of aliphatic hydroxyl groups excluding tert-OH is 1. The van der Waals surface area contributed by atoms with E-state index in [1.165, 1.54) is 10.5 Å². The van der Waals surface area contributed by atoms with Gasteiger partial charge < -0.3 is 19.8 Å². The van der Waals surface area contributed by atoms with Gasteiger partial charge in [-0.15, -0.1) is 0 Å². The molecule has 0 aliphatic carbocycles. The molecule has 1 fully saturated rings. The van der Waals surface area contributed by atoms with Crippen molar-refractivity contribution in [3.63, 3.8) is 0 Å². The Morgan fingerprint density at radius 2 is 1.94 bits per heavy atom. The van der Waals surface area contributed by atoms with E-state index in [0.29, 0.717) is 22.9 Å². The Morgan fingerprint density at radius 3 is 2.62 bits per heavy atom. The quantitative estimate of drug-likeness (QED) is 0.512. The molecule has 178 valence electrons. The predicted octanol–water partition coefficient (Wildman–Crippen LogP) is 3.63. The molecule has 0 saturated carbocycles. The number of carbonyl (C=O) groups is 2. The fourth-order valence-corrected chi connectivity index (χ4v) is 4.46. The van der Waals surface area contributed by atoms with Crippen LogP contribution < -0.4 is 5.32 Å². The highest BCUT2D eigenvalue weighted by Gasteiger charge is 2.39. The van der Waals surface area contributed by atoms with Crippen LogP contribution >= 0.6 is 11.6 Å². The van der Waals surface area contributed by atoms with Crippen molar-refractivity contribution in [3.05, 3.63) is 88.3 Å². The van der Waals surface area contributed by atoms with E-state index in [0.717, 1.165) is 12.0 Å². The summed E-state index contributed by atoms with van der Waals surface area (Å²) in [7, 11) is 0. The zero-order valence-corrected chi connectivity index (χ0v) is 19.7. The summed E-state index contributed by atoms with van der Waals surface area (Å²) in [6.45, 7) is 1.89. The Morgan fingerprint density at radius 1 is 1.21 bits per heavy atom. The Kier molecular flexibility index (Phi) is 7.65. The second-order valence-electron chi connectivity index (χ2n) is 8.70. The number of aliphatic hydroxyl groups is 1. The summed E-state index contributed by atoms with van der Waals surface area (Å²) in [6.07, 6.45) is 0.882. The molecule has 1 aromatic heterocycles. The van der Waals surface area contributed by atoms with Crippen LogP contribution in [0.25, 0.3) is 0 Å². The fourth-order valence-electron chi connectivity index (χ4n) is 4.33. The maximum absolute atomic E-state index is 13.3. The Balaban J connectivity index is 1.48. The van der Waals surface area contributed by atoms with Crippen molar-refractivity contribution in [2.24, 2.45) is 0 Å². The van der Waals surface area contributed by atoms with Gasteiger partial charge >= 0.3 is 0 Å². The molecular weight excluding hydrogens is 454 g/mol. The first-order chi connectivity index (χ1) is 16.4. The van der Waals surface area contributed by atoms with Gasteiger partial charge in [0.2, 0.25) is 11.8 Å². The van der Waals surface area contributed by atoms with Gasteiger partial charge in [0.1, 0.15) is 11.8 Å². The number of halogens is 1. The highest BCUT2D eigenvalue weighted by molar-refractivity contribution is 6.30. The van der Waals surface area contributed by atoms with Crippen LogP contribution in [0, 0.1) is 6.92 Å². The molecule has 34 heavy (non-hydrogen) atoms. The summed E-state index contributed by atoms with van der Waals surface area (Å²) in [5.41, 5.74) is 2.79. The normalized spacial score (nSPS) is 18.6. The van der Waals surface area contributed by atoms with Gasteiger partial charge in [-0.05, 0) is 43.0 Å². The van der Waals surface area contributed by atoms with Gasteiger partial charge in [-0.1, -0.05) is 59.2 Å². The van der Waals surface area contributed by atoms with Crippen LogP contribution in [-0.2, 0) is 22.4 Å². The zero-order valence-electron chi connectivity index (χ0n) is 19.0. The number of nitrogens with one attached hydrogen (secondary N) is 1. The van der Waals surface area contributed by atoms with Crippen LogP contribution in [0.3, 0.4) is 0 Å². The highest BCUT2D eigenvalue weighted by Crippen LogP contribution is 2.25. The van der Waals surface area contributed by atoms with Crippen LogP contribution in [0.5, 0.6) is 0 Å². The minimum atomic E-state index is -0.755. The number of hydrogen-bond donors (Lipinski definition) is 2. The molecule has 3 atom stereocenters. The van der Waals surface area contributed by atoms with Crippen molar-refractivity contribution in [3.8, 4) is 0 Å². The predicted molar refractivity (Wildman–Crippen MR) is 128 cm³/mol. The van der Waals surface area contributed by atoms with Gasteiger partial charge in [-0.25, -0.2) is 0 Å². The van der Waals surface area contributed by atoms with Crippen molar-refractivity contribution < 1.29 is 19.2 Å². The number of aromatic nitrogens is 1. The lowest BCUT2D eigenvalue weighted by molar-refractivity contribution is -0.138. The molecule has 1 saturated heterocycles. The average Bonchev–Trinajstić information content (AvgIpc) is 3.43. The molecule has 4 rings (SSSR count). The number of aryl methyl sites for hydroxylation is 2. The summed E-state index contributed by atoms with van der Waals surface area (Å²) in [5, 5.41) is 17.8. The van der Waals surface area contributed by atoms with Gasteiger partial charge in [-0.3, -0.25) is 9.59 Å². The largest absolute Gasteiger partial charge is 0.391 e. The molecule has 2 amide bonds. The van der Waals surface area contributed by atoms with Gasteiger partial charge in [0, 0.05) is 24.1 Å². The van der Waals surface area contributed by atoms with Crippen molar-refractivity contribution in [1.82, 2.24) is 15.4 Å². The van der Waals surface area contributed by atoms with E-state index in [1.54, 1.807) is 25.1 Å². The van der Waals surface area contributed by atoms with E-state index >= 15 is 0 Å². The number of β-amino-alcohol motifs (C(OH)–C–C–N with tert-alkyl or cyclic N) is 1. The average molecular weight is 482 g/mol. The fraction of sp³-hybridized carbons (Fsp3) is 0.346. The summed E-state index contributed by atoms with van der Waals surface area (Å²) < 4.78 is 5.15. The van der Waals surface area contributed by atoms with Crippen molar-refractivity contribution in [2.75, 3.05) is 6.54 Å². The molecular formula is C26H28ClN3O4. The van der Waals surface area contributed by atoms with Crippen molar-refractivity contribution in [1.29, 1.82) is 0 Å². The first-order valence-corrected chi connectivity index (χ1v) is 11.8. The third-order valence-corrected chi connectivity index (χ3v) is 6.31. The molecule has 2 aromatic carbocycles. The summed E-state index contributed by atoms with van der Waals surface area (Å²) in [4.78, 5) is 27.7. The number of rotatable bonds is 8. The second-order valence-corrected chi connectivity index (χ2v) is 9.14. The topological polar surface area (TPSA) is 95.7 Å². The summed E-state index contributed by atoms with van der Waals surface area (Å²) in [5.74, 6) is -0.128. The molecule has 0 radical (unpaired) electrons. The second kappa shape index (κ2) is 10.8.